The van der Waals surface area contributed by atoms with E-state index in [4.69, 9.17) is 27.9 Å². The lowest BCUT2D eigenvalue weighted by Crippen LogP contribution is -2.20. The summed E-state index contributed by atoms with van der Waals surface area (Å²) in [6.07, 6.45) is 1.49. The number of para-hydroxylation sites is 1. The van der Waals surface area contributed by atoms with Gasteiger partial charge in [-0.05, 0) is 47.5 Å². The molecule has 0 bridgehead atoms. The van der Waals surface area contributed by atoms with Crippen LogP contribution in [0.3, 0.4) is 0 Å². The first-order valence-corrected chi connectivity index (χ1v) is 11.7. The molecule has 0 saturated carbocycles. The van der Waals surface area contributed by atoms with Crippen LogP contribution in [-0.2, 0) is 6.61 Å². The van der Waals surface area contributed by atoms with Crippen molar-refractivity contribution in [2.24, 2.45) is 5.10 Å². The van der Waals surface area contributed by atoms with E-state index in [-0.39, 0.29) is 28.0 Å². The van der Waals surface area contributed by atoms with Crippen molar-refractivity contribution in [2.75, 3.05) is 0 Å². The zero-order valence-corrected chi connectivity index (χ0v) is 20.2. The lowest BCUT2D eigenvalue weighted by atomic mass is 10.2. The standard InChI is InChI=1S/C28H18Cl2FN3O2/c29-23-14-19(15-24(30)26(23)36-17-18-10-12-21(31)13-11-18)16-32-34-27(20-6-2-1-3-7-20)33-25-9-5-4-8-22(25)28(34)35/h1-16H,17H2. The summed E-state index contributed by atoms with van der Waals surface area (Å²) in [6, 6.07) is 25.7. The zero-order valence-electron chi connectivity index (χ0n) is 18.7. The highest BCUT2D eigenvalue weighted by atomic mass is 35.5. The van der Waals surface area contributed by atoms with Gasteiger partial charge in [0.15, 0.2) is 11.6 Å². The summed E-state index contributed by atoms with van der Waals surface area (Å²) in [5.74, 6) is 0.385. The number of hydrogen-bond acceptors (Lipinski definition) is 4. The van der Waals surface area contributed by atoms with Gasteiger partial charge < -0.3 is 4.74 Å². The Hall–Kier alpha value is -4.00. The van der Waals surface area contributed by atoms with E-state index in [2.05, 4.69) is 10.1 Å². The van der Waals surface area contributed by atoms with Crippen molar-refractivity contribution in [3.05, 3.63) is 128 Å². The minimum Gasteiger partial charge on any atom is -0.486 e. The predicted molar refractivity (Wildman–Crippen MR) is 142 cm³/mol. The van der Waals surface area contributed by atoms with Crippen LogP contribution in [0.4, 0.5) is 4.39 Å². The van der Waals surface area contributed by atoms with E-state index < -0.39 is 0 Å². The molecule has 0 radical (unpaired) electrons. The highest BCUT2D eigenvalue weighted by Crippen LogP contribution is 2.34. The maximum absolute atomic E-state index is 13.3. The minimum atomic E-state index is -0.324. The topological polar surface area (TPSA) is 56.5 Å². The summed E-state index contributed by atoms with van der Waals surface area (Å²) in [7, 11) is 0. The molecule has 0 aliphatic rings. The van der Waals surface area contributed by atoms with Crippen molar-refractivity contribution in [3.63, 3.8) is 0 Å². The fourth-order valence-electron chi connectivity index (χ4n) is 3.66. The van der Waals surface area contributed by atoms with E-state index in [1.807, 2.05) is 36.4 Å². The summed E-state index contributed by atoms with van der Waals surface area (Å²) < 4.78 is 20.1. The molecule has 5 nitrogen and oxygen atoms in total. The van der Waals surface area contributed by atoms with Gasteiger partial charge in [-0.2, -0.15) is 9.78 Å². The summed E-state index contributed by atoms with van der Waals surface area (Å²) in [4.78, 5) is 18.0. The Kier molecular flexibility index (Phi) is 6.80. The number of hydrogen-bond donors (Lipinski definition) is 0. The molecule has 0 aliphatic heterocycles. The van der Waals surface area contributed by atoms with Gasteiger partial charge in [-0.15, -0.1) is 0 Å². The lowest BCUT2D eigenvalue weighted by molar-refractivity contribution is 0.306. The molecule has 1 heterocycles. The maximum Gasteiger partial charge on any atom is 0.282 e. The molecule has 0 aliphatic carbocycles. The van der Waals surface area contributed by atoms with Crippen molar-refractivity contribution in [3.8, 4) is 17.1 Å². The second-order valence-electron chi connectivity index (χ2n) is 7.91. The third-order valence-corrected chi connectivity index (χ3v) is 5.99. The second-order valence-corrected chi connectivity index (χ2v) is 8.72. The highest BCUT2D eigenvalue weighted by molar-refractivity contribution is 6.37. The fraction of sp³-hybridized carbons (Fsp3) is 0.0357. The van der Waals surface area contributed by atoms with E-state index >= 15 is 0 Å². The summed E-state index contributed by atoms with van der Waals surface area (Å²) in [5.41, 5.74) is 2.37. The highest BCUT2D eigenvalue weighted by Gasteiger charge is 2.13. The Labute approximate surface area is 216 Å². The van der Waals surface area contributed by atoms with E-state index in [9.17, 15) is 9.18 Å². The quantitative estimate of drug-likeness (QED) is 0.228. The third-order valence-electron chi connectivity index (χ3n) is 5.43. The predicted octanol–water partition coefficient (Wildman–Crippen LogP) is 6.97. The van der Waals surface area contributed by atoms with Crippen LogP contribution in [0.5, 0.6) is 5.75 Å². The van der Waals surface area contributed by atoms with Crippen molar-refractivity contribution in [1.82, 2.24) is 9.66 Å². The molecule has 0 spiro atoms. The molecule has 178 valence electrons. The number of rotatable bonds is 6. The number of ether oxygens (including phenoxy) is 1. The van der Waals surface area contributed by atoms with Gasteiger partial charge in [-0.3, -0.25) is 4.79 Å². The van der Waals surface area contributed by atoms with Crippen molar-refractivity contribution < 1.29 is 9.13 Å². The first kappa shape index (κ1) is 23.7. The van der Waals surface area contributed by atoms with Crippen molar-refractivity contribution >= 4 is 40.3 Å². The van der Waals surface area contributed by atoms with Crippen LogP contribution >= 0.6 is 23.2 Å². The van der Waals surface area contributed by atoms with Gasteiger partial charge in [0.2, 0.25) is 0 Å². The van der Waals surface area contributed by atoms with Crippen molar-refractivity contribution in [2.45, 2.75) is 6.61 Å². The molecule has 8 heteroatoms. The molecule has 0 atom stereocenters. The van der Waals surface area contributed by atoms with Gasteiger partial charge >= 0.3 is 0 Å². The van der Waals surface area contributed by atoms with Gasteiger partial charge in [0.25, 0.3) is 5.56 Å². The molecule has 0 fully saturated rings. The SMILES string of the molecule is O=c1c2ccccc2nc(-c2ccccc2)n1N=Cc1cc(Cl)c(OCc2ccc(F)cc2)c(Cl)c1. The van der Waals surface area contributed by atoms with Gasteiger partial charge in [0.1, 0.15) is 12.4 Å². The smallest absolute Gasteiger partial charge is 0.282 e. The summed E-state index contributed by atoms with van der Waals surface area (Å²) in [5, 5.41) is 5.45. The Morgan fingerprint density at radius 3 is 2.31 bits per heavy atom. The number of halogens is 3. The molecule has 0 unspecified atom stereocenters. The van der Waals surface area contributed by atoms with Crippen LogP contribution in [0.15, 0.2) is 101 Å². The molecule has 0 amide bonds. The van der Waals surface area contributed by atoms with Crippen LogP contribution in [0, 0.1) is 5.82 Å². The van der Waals surface area contributed by atoms with Gasteiger partial charge in [0.05, 0.1) is 27.2 Å². The molecule has 0 N–H and O–H groups in total. The average Bonchev–Trinajstić information content (AvgIpc) is 2.89. The first-order chi connectivity index (χ1) is 17.5. The summed E-state index contributed by atoms with van der Waals surface area (Å²) >= 11 is 12.9. The van der Waals surface area contributed by atoms with Gasteiger partial charge in [-0.1, -0.05) is 77.8 Å². The van der Waals surface area contributed by atoms with Crippen LogP contribution in [0.25, 0.3) is 22.3 Å². The lowest BCUT2D eigenvalue weighted by Gasteiger charge is -2.11. The van der Waals surface area contributed by atoms with Crippen LogP contribution in [0.1, 0.15) is 11.1 Å². The number of benzene rings is 4. The number of nitrogens with zero attached hydrogens (tertiary/aromatic N) is 3. The molecule has 1 aromatic heterocycles. The molecule has 4 aromatic carbocycles. The van der Waals surface area contributed by atoms with E-state index in [1.54, 1.807) is 42.5 Å². The van der Waals surface area contributed by atoms with Gasteiger partial charge in [-0.25, -0.2) is 9.37 Å². The first-order valence-electron chi connectivity index (χ1n) is 11.0. The van der Waals surface area contributed by atoms with Crippen LogP contribution in [-0.4, -0.2) is 15.9 Å². The molecule has 5 aromatic rings. The van der Waals surface area contributed by atoms with Gasteiger partial charge in [0, 0.05) is 5.56 Å². The third kappa shape index (κ3) is 5.00. The molecule has 0 saturated heterocycles. The van der Waals surface area contributed by atoms with E-state index in [1.165, 1.54) is 23.0 Å². The largest absolute Gasteiger partial charge is 0.486 e. The van der Waals surface area contributed by atoms with E-state index in [0.29, 0.717) is 28.0 Å². The summed E-state index contributed by atoms with van der Waals surface area (Å²) in [6.45, 7) is 0.172. The van der Waals surface area contributed by atoms with Crippen molar-refractivity contribution in [1.29, 1.82) is 0 Å². The molecule has 5 rings (SSSR count). The normalized spacial score (nSPS) is 11.3. The average molecular weight is 518 g/mol. The Balaban J connectivity index is 1.49. The Morgan fingerprint density at radius 2 is 1.58 bits per heavy atom. The number of aromatic nitrogens is 2. The Morgan fingerprint density at radius 1 is 0.917 bits per heavy atom. The minimum absolute atomic E-state index is 0.172. The fourth-order valence-corrected chi connectivity index (χ4v) is 4.27. The number of fused-ring (bicyclic) bond motifs is 1. The second kappa shape index (κ2) is 10.3. The van der Waals surface area contributed by atoms with Crippen LogP contribution in [0.2, 0.25) is 10.0 Å². The monoisotopic (exact) mass is 517 g/mol. The molecular formula is C28H18Cl2FN3O2. The maximum atomic E-state index is 13.3. The van der Waals surface area contributed by atoms with Crippen LogP contribution < -0.4 is 10.3 Å². The Bertz CT molecular complexity index is 1610. The van der Waals surface area contributed by atoms with E-state index in [0.717, 1.165) is 11.1 Å². The zero-order chi connectivity index (χ0) is 25.1. The molecule has 36 heavy (non-hydrogen) atoms. The molecular weight excluding hydrogens is 500 g/mol.